The van der Waals surface area contributed by atoms with Gasteiger partial charge in [0.1, 0.15) is 11.1 Å². The molecule has 1 amide bonds. The monoisotopic (exact) mass is 411 g/mol. The molecule has 0 spiro atoms. The summed E-state index contributed by atoms with van der Waals surface area (Å²) in [4.78, 5) is 29.2. The number of amides is 1. The van der Waals surface area contributed by atoms with Crippen molar-refractivity contribution in [1.82, 2.24) is 9.55 Å². The van der Waals surface area contributed by atoms with Gasteiger partial charge < -0.3 is 15.4 Å². The van der Waals surface area contributed by atoms with E-state index in [0.717, 1.165) is 0 Å². The van der Waals surface area contributed by atoms with Crippen molar-refractivity contribution in [2.75, 3.05) is 0 Å². The molecular formula is C17H15Cl2N3O3S. The maximum absolute atomic E-state index is 12.9. The van der Waals surface area contributed by atoms with Crippen molar-refractivity contribution < 1.29 is 14.7 Å². The zero-order chi connectivity index (χ0) is 19.2. The molecule has 0 saturated carbocycles. The lowest BCUT2D eigenvalue weighted by Gasteiger charge is -2.22. The Morgan fingerprint density at radius 3 is 2.58 bits per heavy atom. The molecule has 6 nitrogen and oxygen atoms in total. The SMILES string of the molecule is CC(C)(Cn1c(O)c(C(=O)c2cc(Cl)cs2)c2ncc(Cl)cc21)C(N)=O. The van der Waals surface area contributed by atoms with Gasteiger partial charge in [-0.1, -0.05) is 23.2 Å². The molecule has 0 atom stereocenters. The first-order valence-electron chi connectivity index (χ1n) is 7.57. The molecule has 136 valence electrons. The molecule has 3 heterocycles. The summed E-state index contributed by atoms with van der Waals surface area (Å²) in [7, 11) is 0. The molecule has 0 bridgehead atoms. The van der Waals surface area contributed by atoms with Gasteiger partial charge in [-0.15, -0.1) is 11.3 Å². The maximum atomic E-state index is 12.9. The third-order valence-electron chi connectivity index (χ3n) is 4.08. The highest BCUT2D eigenvalue weighted by Gasteiger charge is 2.31. The second-order valence-electron chi connectivity index (χ2n) is 6.51. The third-order valence-corrected chi connectivity index (χ3v) is 5.56. The van der Waals surface area contributed by atoms with Gasteiger partial charge in [-0.3, -0.25) is 14.6 Å². The van der Waals surface area contributed by atoms with Crippen LogP contribution in [0.3, 0.4) is 0 Å². The summed E-state index contributed by atoms with van der Waals surface area (Å²) in [6.07, 6.45) is 1.39. The lowest BCUT2D eigenvalue weighted by Crippen LogP contribution is -2.35. The number of hydrogen-bond donors (Lipinski definition) is 2. The number of thiophene rings is 1. The van der Waals surface area contributed by atoms with E-state index in [9.17, 15) is 14.7 Å². The molecule has 0 aliphatic rings. The number of aromatic hydroxyl groups is 1. The standard InChI is InChI=1S/C17H15Cl2N3O3S/c1-17(2,16(20)25)7-22-10-3-8(18)5-21-13(10)12(15(22)24)14(23)11-4-9(19)6-26-11/h3-6,24H,7H2,1-2H3,(H2,20,25). The van der Waals surface area contributed by atoms with Crippen LogP contribution in [0.15, 0.2) is 23.7 Å². The van der Waals surface area contributed by atoms with Gasteiger partial charge in [0.2, 0.25) is 17.6 Å². The molecule has 0 saturated heterocycles. The van der Waals surface area contributed by atoms with Gasteiger partial charge in [0.25, 0.3) is 0 Å². The predicted molar refractivity (Wildman–Crippen MR) is 102 cm³/mol. The minimum absolute atomic E-state index is 0.0375. The van der Waals surface area contributed by atoms with Crippen LogP contribution < -0.4 is 5.73 Å². The molecule has 9 heteroatoms. The Morgan fingerprint density at radius 1 is 1.31 bits per heavy atom. The maximum Gasteiger partial charge on any atom is 0.224 e. The summed E-state index contributed by atoms with van der Waals surface area (Å²) in [6, 6.07) is 3.11. The fraction of sp³-hybridized carbons (Fsp3) is 0.235. The number of fused-ring (bicyclic) bond motifs is 1. The second kappa shape index (κ2) is 6.57. The molecule has 3 N–H and O–H groups in total. The van der Waals surface area contributed by atoms with E-state index in [4.69, 9.17) is 28.9 Å². The summed E-state index contributed by atoms with van der Waals surface area (Å²) in [5, 5.41) is 13.2. The van der Waals surface area contributed by atoms with E-state index in [1.807, 2.05) is 0 Å². The number of hydrogen-bond acceptors (Lipinski definition) is 5. The summed E-state index contributed by atoms with van der Waals surface area (Å²) >= 11 is 13.1. The van der Waals surface area contributed by atoms with Crippen LogP contribution in [0.2, 0.25) is 10.0 Å². The van der Waals surface area contributed by atoms with Crippen LogP contribution in [0.1, 0.15) is 29.1 Å². The molecule has 3 aromatic heterocycles. The van der Waals surface area contributed by atoms with Crippen molar-refractivity contribution in [3.8, 4) is 5.88 Å². The van der Waals surface area contributed by atoms with Gasteiger partial charge in [-0.2, -0.15) is 0 Å². The number of carbonyl (C=O) groups excluding carboxylic acids is 2. The number of rotatable bonds is 5. The first-order valence-corrected chi connectivity index (χ1v) is 9.20. The summed E-state index contributed by atoms with van der Waals surface area (Å²) in [5.74, 6) is -1.24. The van der Waals surface area contributed by atoms with E-state index in [1.54, 1.807) is 25.3 Å². The Kier molecular flexibility index (Phi) is 4.72. The Hall–Kier alpha value is -2.09. The van der Waals surface area contributed by atoms with Gasteiger partial charge in [0.15, 0.2) is 0 Å². The largest absolute Gasteiger partial charge is 0.494 e. The summed E-state index contributed by atoms with van der Waals surface area (Å²) < 4.78 is 1.43. The topological polar surface area (TPSA) is 98.2 Å². The van der Waals surface area contributed by atoms with Crippen molar-refractivity contribution in [3.63, 3.8) is 0 Å². The van der Waals surface area contributed by atoms with Crippen molar-refractivity contribution in [1.29, 1.82) is 0 Å². The Labute approximate surface area is 163 Å². The predicted octanol–water partition coefficient (Wildman–Crippen LogP) is 3.85. The van der Waals surface area contributed by atoms with E-state index < -0.39 is 17.1 Å². The fourth-order valence-corrected chi connectivity index (χ4v) is 3.75. The first kappa shape index (κ1) is 18.7. The molecular weight excluding hydrogens is 397 g/mol. The molecule has 0 aromatic carbocycles. The quantitative estimate of drug-likeness (QED) is 0.622. The number of carbonyl (C=O) groups is 2. The summed E-state index contributed by atoms with van der Waals surface area (Å²) in [6.45, 7) is 3.36. The number of pyridine rings is 1. The molecule has 0 aliphatic heterocycles. The van der Waals surface area contributed by atoms with Gasteiger partial charge in [0, 0.05) is 18.1 Å². The van der Waals surface area contributed by atoms with Crippen LogP contribution in [0.25, 0.3) is 11.0 Å². The first-order chi connectivity index (χ1) is 12.1. The lowest BCUT2D eigenvalue weighted by atomic mass is 9.92. The van der Waals surface area contributed by atoms with Crippen molar-refractivity contribution in [2.45, 2.75) is 20.4 Å². The van der Waals surface area contributed by atoms with Crippen LogP contribution in [-0.2, 0) is 11.3 Å². The van der Waals surface area contributed by atoms with E-state index in [2.05, 4.69) is 4.98 Å². The van der Waals surface area contributed by atoms with Crippen LogP contribution >= 0.6 is 34.5 Å². The molecule has 26 heavy (non-hydrogen) atoms. The van der Waals surface area contributed by atoms with Crippen LogP contribution in [0.4, 0.5) is 0 Å². The van der Waals surface area contributed by atoms with Crippen LogP contribution in [0, 0.1) is 5.41 Å². The van der Waals surface area contributed by atoms with Crippen molar-refractivity contribution in [2.24, 2.45) is 11.1 Å². The number of ketones is 1. The second-order valence-corrected chi connectivity index (χ2v) is 8.30. The van der Waals surface area contributed by atoms with Gasteiger partial charge >= 0.3 is 0 Å². The highest BCUT2D eigenvalue weighted by Crippen LogP contribution is 2.36. The Balaban J connectivity index is 2.23. The Morgan fingerprint density at radius 2 is 2.00 bits per heavy atom. The average Bonchev–Trinajstić information content (AvgIpc) is 3.09. The van der Waals surface area contributed by atoms with Crippen LogP contribution in [0.5, 0.6) is 5.88 Å². The fourth-order valence-electron chi connectivity index (χ4n) is 2.58. The normalized spacial score (nSPS) is 11.8. The number of halogens is 2. The van der Waals surface area contributed by atoms with E-state index in [0.29, 0.717) is 26.0 Å². The van der Waals surface area contributed by atoms with Crippen molar-refractivity contribution in [3.05, 3.63) is 44.2 Å². The van der Waals surface area contributed by atoms with Gasteiger partial charge in [-0.05, 0) is 26.0 Å². The number of nitrogens with zero attached hydrogens (tertiary/aromatic N) is 2. The number of nitrogens with two attached hydrogens (primary N) is 1. The number of aromatic nitrogens is 2. The smallest absolute Gasteiger partial charge is 0.224 e. The summed E-state index contributed by atoms with van der Waals surface area (Å²) in [5.41, 5.74) is 5.26. The minimum atomic E-state index is -0.960. The highest BCUT2D eigenvalue weighted by atomic mass is 35.5. The molecule has 3 aromatic rings. The van der Waals surface area contributed by atoms with E-state index >= 15 is 0 Å². The van der Waals surface area contributed by atoms with E-state index in [1.165, 1.54) is 28.2 Å². The lowest BCUT2D eigenvalue weighted by molar-refractivity contribution is -0.126. The molecule has 3 rings (SSSR count). The van der Waals surface area contributed by atoms with Crippen LogP contribution in [-0.4, -0.2) is 26.3 Å². The highest BCUT2D eigenvalue weighted by molar-refractivity contribution is 7.12. The molecule has 0 radical (unpaired) electrons. The third kappa shape index (κ3) is 3.18. The zero-order valence-electron chi connectivity index (χ0n) is 13.9. The zero-order valence-corrected chi connectivity index (χ0v) is 16.2. The van der Waals surface area contributed by atoms with Gasteiger partial charge in [0.05, 0.1) is 25.9 Å². The van der Waals surface area contributed by atoms with Gasteiger partial charge in [-0.25, -0.2) is 0 Å². The Bertz CT molecular complexity index is 1040. The van der Waals surface area contributed by atoms with Crippen molar-refractivity contribution >= 4 is 57.3 Å². The average molecular weight is 412 g/mol. The minimum Gasteiger partial charge on any atom is -0.494 e. The molecule has 0 fully saturated rings. The number of primary amides is 1. The van der Waals surface area contributed by atoms with E-state index in [-0.39, 0.29) is 18.0 Å². The molecule has 0 unspecified atom stereocenters. The molecule has 0 aliphatic carbocycles.